The molecule has 0 N–H and O–H groups in total. The Balaban J connectivity index is 1.73. The summed E-state index contributed by atoms with van der Waals surface area (Å²) in [4.78, 5) is 2.07. The molecule has 0 bridgehead atoms. The molecule has 1 aliphatic rings. The van der Waals surface area contributed by atoms with Crippen LogP contribution >= 0.6 is 0 Å². The zero-order valence-corrected chi connectivity index (χ0v) is 8.57. The molecule has 0 aliphatic carbocycles. The molecule has 1 fully saturated rings. The van der Waals surface area contributed by atoms with Crippen LogP contribution in [0.5, 0.6) is 0 Å². The fourth-order valence-corrected chi connectivity index (χ4v) is 1.78. The normalized spacial score (nSPS) is 21.7. The summed E-state index contributed by atoms with van der Waals surface area (Å²) in [7, 11) is 0. The number of piperidine rings is 1. The van der Waals surface area contributed by atoms with Gasteiger partial charge in [-0.3, -0.25) is 4.68 Å². The summed E-state index contributed by atoms with van der Waals surface area (Å²) < 4.78 is 27.5. The molecule has 2 rings (SSSR count). The van der Waals surface area contributed by atoms with Crippen LogP contribution in [0.25, 0.3) is 0 Å². The Labute approximate surface area is 87.7 Å². The van der Waals surface area contributed by atoms with E-state index in [0.717, 1.165) is 13.1 Å². The standard InChI is InChI=1S/C10H15F2N3/c11-10(12)2-6-14(7-3-10)8-9-15-5-1-4-13-15/h1,4-5H,2-3,6-9H2. The van der Waals surface area contributed by atoms with Crippen LogP contribution in [0.1, 0.15) is 12.8 Å². The first-order valence-electron chi connectivity index (χ1n) is 5.23. The quantitative estimate of drug-likeness (QED) is 0.764. The molecule has 3 nitrogen and oxygen atoms in total. The first-order chi connectivity index (χ1) is 7.16. The summed E-state index contributed by atoms with van der Waals surface area (Å²) in [5.74, 6) is -2.44. The number of alkyl halides is 2. The predicted molar refractivity (Wildman–Crippen MR) is 52.8 cm³/mol. The SMILES string of the molecule is FC1(F)CCN(CCn2cccn2)CC1. The maximum Gasteiger partial charge on any atom is 0.250 e. The van der Waals surface area contributed by atoms with Crippen LogP contribution < -0.4 is 0 Å². The molecule has 84 valence electrons. The topological polar surface area (TPSA) is 21.1 Å². The molecule has 5 heteroatoms. The van der Waals surface area contributed by atoms with Crippen molar-refractivity contribution in [3.63, 3.8) is 0 Å². The third kappa shape index (κ3) is 2.99. The third-order valence-electron chi connectivity index (χ3n) is 2.79. The molecule has 0 spiro atoms. The first-order valence-corrected chi connectivity index (χ1v) is 5.23. The van der Waals surface area contributed by atoms with E-state index in [9.17, 15) is 8.78 Å². The van der Waals surface area contributed by atoms with Gasteiger partial charge in [-0.15, -0.1) is 0 Å². The highest BCUT2D eigenvalue weighted by molar-refractivity contribution is 4.80. The third-order valence-corrected chi connectivity index (χ3v) is 2.79. The van der Waals surface area contributed by atoms with E-state index >= 15 is 0 Å². The zero-order valence-electron chi connectivity index (χ0n) is 8.57. The van der Waals surface area contributed by atoms with E-state index in [0.29, 0.717) is 13.1 Å². The van der Waals surface area contributed by atoms with Crippen LogP contribution in [-0.4, -0.2) is 40.2 Å². The van der Waals surface area contributed by atoms with Gasteiger partial charge in [0, 0.05) is 44.9 Å². The summed E-state index contributed by atoms with van der Waals surface area (Å²) in [5.41, 5.74) is 0. The Kier molecular flexibility index (Phi) is 3.00. The second kappa shape index (κ2) is 4.26. The maximum atomic E-state index is 12.8. The molecule has 1 aromatic heterocycles. The van der Waals surface area contributed by atoms with E-state index in [1.807, 2.05) is 16.9 Å². The lowest BCUT2D eigenvalue weighted by molar-refractivity contribution is -0.0555. The first kappa shape index (κ1) is 10.5. The van der Waals surface area contributed by atoms with Crippen molar-refractivity contribution in [1.82, 2.24) is 14.7 Å². The monoisotopic (exact) mass is 215 g/mol. The van der Waals surface area contributed by atoms with Gasteiger partial charge in [-0.25, -0.2) is 8.78 Å². The fraction of sp³-hybridized carbons (Fsp3) is 0.700. The Hall–Kier alpha value is -0.970. The van der Waals surface area contributed by atoms with Crippen LogP contribution in [0.2, 0.25) is 0 Å². The van der Waals surface area contributed by atoms with Gasteiger partial charge in [-0.2, -0.15) is 5.10 Å². The van der Waals surface area contributed by atoms with Gasteiger partial charge in [0.1, 0.15) is 0 Å². The predicted octanol–water partition coefficient (Wildman–Crippen LogP) is 1.61. The highest BCUT2D eigenvalue weighted by Crippen LogP contribution is 2.27. The summed E-state index contributed by atoms with van der Waals surface area (Å²) in [5, 5.41) is 4.07. The zero-order chi connectivity index (χ0) is 10.7. The van der Waals surface area contributed by atoms with Gasteiger partial charge >= 0.3 is 0 Å². The number of aromatic nitrogens is 2. The van der Waals surface area contributed by atoms with Crippen LogP contribution in [0, 0.1) is 0 Å². The minimum Gasteiger partial charge on any atom is -0.301 e. The minimum absolute atomic E-state index is 0.00783. The van der Waals surface area contributed by atoms with Crippen LogP contribution in [-0.2, 0) is 6.54 Å². The van der Waals surface area contributed by atoms with E-state index in [-0.39, 0.29) is 12.8 Å². The molecule has 0 amide bonds. The lowest BCUT2D eigenvalue weighted by Gasteiger charge is -2.31. The largest absolute Gasteiger partial charge is 0.301 e. The molecule has 2 heterocycles. The highest BCUT2D eigenvalue weighted by Gasteiger charge is 2.33. The van der Waals surface area contributed by atoms with Crippen molar-refractivity contribution in [1.29, 1.82) is 0 Å². The number of rotatable bonds is 3. The van der Waals surface area contributed by atoms with Crippen LogP contribution in [0.15, 0.2) is 18.5 Å². The number of nitrogens with zero attached hydrogens (tertiary/aromatic N) is 3. The van der Waals surface area contributed by atoms with Crippen molar-refractivity contribution in [2.45, 2.75) is 25.3 Å². The van der Waals surface area contributed by atoms with Gasteiger partial charge in [-0.05, 0) is 6.07 Å². The van der Waals surface area contributed by atoms with E-state index in [1.54, 1.807) is 6.20 Å². The van der Waals surface area contributed by atoms with Crippen molar-refractivity contribution in [2.75, 3.05) is 19.6 Å². The van der Waals surface area contributed by atoms with E-state index in [2.05, 4.69) is 10.00 Å². The van der Waals surface area contributed by atoms with Gasteiger partial charge in [0.2, 0.25) is 0 Å². The van der Waals surface area contributed by atoms with Crippen molar-refractivity contribution in [3.05, 3.63) is 18.5 Å². The average Bonchev–Trinajstić information content (AvgIpc) is 2.69. The van der Waals surface area contributed by atoms with Crippen molar-refractivity contribution >= 4 is 0 Å². The maximum absolute atomic E-state index is 12.8. The Bertz CT molecular complexity index is 288. The summed E-state index contributed by atoms with van der Waals surface area (Å²) >= 11 is 0. The molecule has 1 saturated heterocycles. The molecule has 0 aromatic carbocycles. The molecule has 1 aliphatic heterocycles. The van der Waals surface area contributed by atoms with Crippen molar-refractivity contribution in [2.24, 2.45) is 0 Å². The lowest BCUT2D eigenvalue weighted by Crippen LogP contribution is -2.40. The number of hydrogen-bond acceptors (Lipinski definition) is 2. The van der Waals surface area contributed by atoms with Gasteiger partial charge in [0.05, 0.1) is 6.54 Å². The molecule has 0 saturated carbocycles. The van der Waals surface area contributed by atoms with Gasteiger partial charge in [-0.1, -0.05) is 0 Å². The molecule has 0 radical (unpaired) electrons. The summed E-state index contributed by atoms with van der Waals surface area (Å²) in [6.45, 7) is 2.57. The molecular weight excluding hydrogens is 200 g/mol. The van der Waals surface area contributed by atoms with Crippen LogP contribution in [0.4, 0.5) is 8.78 Å². The number of halogens is 2. The Morgan fingerprint density at radius 1 is 1.20 bits per heavy atom. The molecule has 0 atom stereocenters. The molecule has 0 unspecified atom stereocenters. The van der Waals surface area contributed by atoms with Crippen molar-refractivity contribution < 1.29 is 8.78 Å². The van der Waals surface area contributed by atoms with Gasteiger partial charge in [0.25, 0.3) is 5.92 Å². The highest BCUT2D eigenvalue weighted by atomic mass is 19.3. The second-order valence-electron chi connectivity index (χ2n) is 3.97. The van der Waals surface area contributed by atoms with Gasteiger partial charge in [0.15, 0.2) is 0 Å². The molecular formula is C10H15F2N3. The van der Waals surface area contributed by atoms with Crippen LogP contribution in [0.3, 0.4) is 0 Å². The smallest absolute Gasteiger partial charge is 0.250 e. The molecule has 15 heavy (non-hydrogen) atoms. The Morgan fingerprint density at radius 3 is 2.53 bits per heavy atom. The minimum atomic E-state index is -2.44. The fourth-order valence-electron chi connectivity index (χ4n) is 1.78. The van der Waals surface area contributed by atoms with E-state index in [1.165, 1.54) is 0 Å². The average molecular weight is 215 g/mol. The van der Waals surface area contributed by atoms with Gasteiger partial charge < -0.3 is 4.90 Å². The van der Waals surface area contributed by atoms with E-state index in [4.69, 9.17) is 0 Å². The summed E-state index contributed by atoms with van der Waals surface area (Å²) in [6, 6.07) is 1.87. The van der Waals surface area contributed by atoms with E-state index < -0.39 is 5.92 Å². The molecule has 1 aromatic rings. The van der Waals surface area contributed by atoms with Crippen molar-refractivity contribution in [3.8, 4) is 0 Å². The number of likely N-dealkylation sites (tertiary alicyclic amines) is 1. The number of hydrogen-bond donors (Lipinski definition) is 0. The Morgan fingerprint density at radius 2 is 1.93 bits per heavy atom. The lowest BCUT2D eigenvalue weighted by atomic mass is 10.1. The summed E-state index contributed by atoms with van der Waals surface area (Å²) in [6.07, 6.45) is 3.60. The second-order valence-corrected chi connectivity index (χ2v) is 3.97.